The topological polar surface area (TPSA) is 57.6 Å². The minimum Gasteiger partial charge on any atom is -0.346 e. The summed E-state index contributed by atoms with van der Waals surface area (Å²) < 4.78 is 1.92. The van der Waals surface area contributed by atoms with E-state index < -0.39 is 0 Å². The maximum Gasteiger partial charge on any atom is 0.263 e. The zero-order valence-corrected chi connectivity index (χ0v) is 18.5. The molecule has 6 nitrogen and oxygen atoms in total. The SMILES string of the molecule is CCCCn1c2c(cc(C(=O)NC3CN(CC)N(CC)C3)c1=O)CCCCCC2. The molecule has 0 saturated carbocycles. The molecule has 1 aliphatic heterocycles. The third-order valence-electron chi connectivity index (χ3n) is 6.41. The maximum absolute atomic E-state index is 13.3. The fourth-order valence-corrected chi connectivity index (χ4v) is 4.76. The second-order valence-corrected chi connectivity index (χ2v) is 8.44. The maximum atomic E-state index is 13.3. The van der Waals surface area contributed by atoms with Crippen LogP contribution in [0.5, 0.6) is 0 Å². The Morgan fingerprint density at radius 2 is 1.69 bits per heavy atom. The first-order valence-electron chi connectivity index (χ1n) is 11.6. The van der Waals surface area contributed by atoms with E-state index in [1.54, 1.807) is 0 Å². The zero-order valence-electron chi connectivity index (χ0n) is 18.5. The van der Waals surface area contributed by atoms with Crippen molar-refractivity contribution in [1.82, 2.24) is 19.9 Å². The van der Waals surface area contributed by atoms with Crippen LogP contribution >= 0.6 is 0 Å². The number of nitrogens with zero attached hydrogens (tertiary/aromatic N) is 3. The lowest BCUT2D eigenvalue weighted by Crippen LogP contribution is -2.42. The molecule has 1 aromatic heterocycles. The molecule has 1 N–H and O–H groups in total. The molecule has 6 heteroatoms. The van der Waals surface area contributed by atoms with Crippen LogP contribution in [0.25, 0.3) is 0 Å². The van der Waals surface area contributed by atoms with Crippen molar-refractivity contribution >= 4 is 5.91 Å². The molecule has 1 fully saturated rings. The molecular formula is C23H38N4O2. The lowest BCUT2D eigenvalue weighted by atomic mass is 9.95. The van der Waals surface area contributed by atoms with Gasteiger partial charge in [0, 0.05) is 38.4 Å². The second-order valence-electron chi connectivity index (χ2n) is 8.44. The summed E-state index contributed by atoms with van der Waals surface area (Å²) in [6.07, 6.45) is 8.67. The predicted molar refractivity (Wildman–Crippen MR) is 117 cm³/mol. The van der Waals surface area contributed by atoms with Gasteiger partial charge in [-0.25, -0.2) is 10.0 Å². The van der Waals surface area contributed by atoms with E-state index >= 15 is 0 Å². The number of rotatable bonds is 7. The fraction of sp³-hybridized carbons (Fsp3) is 0.739. The number of hydrogen-bond acceptors (Lipinski definition) is 4. The first-order valence-corrected chi connectivity index (χ1v) is 11.6. The quantitative estimate of drug-likeness (QED) is 0.762. The number of fused-ring (bicyclic) bond motifs is 1. The first-order chi connectivity index (χ1) is 14.1. The summed E-state index contributed by atoms with van der Waals surface area (Å²) in [5, 5.41) is 7.68. The van der Waals surface area contributed by atoms with E-state index in [-0.39, 0.29) is 17.5 Å². The molecule has 0 atom stereocenters. The number of carbonyl (C=O) groups excluding carboxylic acids is 1. The Morgan fingerprint density at radius 1 is 1.03 bits per heavy atom. The van der Waals surface area contributed by atoms with Crippen molar-refractivity contribution in [3.8, 4) is 0 Å². The van der Waals surface area contributed by atoms with Gasteiger partial charge in [0.25, 0.3) is 11.5 Å². The Labute approximate surface area is 175 Å². The summed E-state index contributed by atoms with van der Waals surface area (Å²) in [5.74, 6) is -0.205. The van der Waals surface area contributed by atoms with Gasteiger partial charge in [0.15, 0.2) is 0 Å². The molecule has 29 heavy (non-hydrogen) atoms. The number of hydrogen-bond donors (Lipinski definition) is 1. The highest BCUT2D eigenvalue weighted by atomic mass is 16.2. The molecule has 1 aromatic rings. The van der Waals surface area contributed by atoms with E-state index in [1.807, 2.05) is 10.6 Å². The van der Waals surface area contributed by atoms with Gasteiger partial charge in [-0.2, -0.15) is 0 Å². The number of aryl methyl sites for hydroxylation is 1. The molecule has 0 spiro atoms. The lowest BCUT2D eigenvalue weighted by molar-refractivity contribution is 0.0388. The van der Waals surface area contributed by atoms with Gasteiger partial charge >= 0.3 is 0 Å². The van der Waals surface area contributed by atoms with Gasteiger partial charge in [0.1, 0.15) is 5.56 Å². The van der Waals surface area contributed by atoms with Crippen molar-refractivity contribution in [3.63, 3.8) is 0 Å². The van der Waals surface area contributed by atoms with E-state index in [0.29, 0.717) is 5.56 Å². The number of unbranched alkanes of at least 4 members (excludes halogenated alkanes) is 1. The van der Waals surface area contributed by atoms with E-state index in [9.17, 15) is 9.59 Å². The fourth-order valence-electron chi connectivity index (χ4n) is 4.76. The van der Waals surface area contributed by atoms with E-state index in [1.165, 1.54) is 24.1 Å². The summed E-state index contributed by atoms with van der Waals surface area (Å²) in [6, 6.07) is 1.97. The van der Waals surface area contributed by atoms with Gasteiger partial charge in [-0.1, -0.05) is 40.0 Å². The van der Waals surface area contributed by atoms with Gasteiger partial charge in [-0.05, 0) is 43.7 Å². The molecule has 0 bridgehead atoms. The van der Waals surface area contributed by atoms with Crippen LogP contribution in [0.2, 0.25) is 0 Å². The molecule has 1 saturated heterocycles. The third-order valence-corrected chi connectivity index (χ3v) is 6.41. The van der Waals surface area contributed by atoms with Crippen LogP contribution in [0.1, 0.15) is 80.9 Å². The number of likely N-dealkylation sites (N-methyl/N-ethyl adjacent to an activating group) is 2. The van der Waals surface area contributed by atoms with Gasteiger partial charge in [0.05, 0.1) is 6.04 Å². The molecule has 0 unspecified atom stereocenters. The summed E-state index contributed by atoms with van der Waals surface area (Å²) >= 11 is 0. The van der Waals surface area contributed by atoms with Crippen LogP contribution in [0.3, 0.4) is 0 Å². The second kappa shape index (κ2) is 10.4. The van der Waals surface area contributed by atoms with Crippen molar-refractivity contribution in [1.29, 1.82) is 0 Å². The van der Waals surface area contributed by atoms with Crippen LogP contribution in [0.15, 0.2) is 10.9 Å². The first kappa shape index (κ1) is 22.0. The van der Waals surface area contributed by atoms with E-state index in [2.05, 4.69) is 36.1 Å². The van der Waals surface area contributed by atoms with Gasteiger partial charge < -0.3 is 9.88 Å². The molecular weight excluding hydrogens is 364 g/mol. The Kier molecular flexibility index (Phi) is 7.90. The number of hydrazine groups is 1. The van der Waals surface area contributed by atoms with Crippen molar-refractivity contribution in [2.75, 3.05) is 26.2 Å². The molecule has 162 valence electrons. The molecule has 0 radical (unpaired) electrons. The molecule has 2 heterocycles. The average molecular weight is 403 g/mol. The largest absolute Gasteiger partial charge is 0.346 e. The number of carbonyl (C=O) groups is 1. The average Bonchev–Trinajstić information content (AvgIpc) is 3.10. The minimum atomic E-state index is -0.205. The van der Waals surface area contributed by atoms with E-state index in [0.717, 1.165) is 71.2 Å². The summed E-state index contributed by atoms with van der Waals surface area (Å²) in [7, 11) is 0. The number of nitrogens with one attached hydrogen (secondary N) is 1. The Balaban J connectivity index is 1.87. The van der Waals surface area contributed by atoms with Crippen LogP contribution in [0, 0.1) is 0 Å². The van der Waals surface area contributed by atoms with Crippen LogP contribution in [0.4, 0.5) is 0 Å². The normalized spacial score (nSPS) is 19.0. The van der Waals surface area contributed by atoms with Crippen molar-refractivity contribution in [2.24, 2.45) is 0 Å². The Bertz CT molecular complexity index is 746. The number of aromatic nitrogens is 1. The van der Waals surface area contributed by atoms with Crippen molar-refractivity contribution in [3.05, 3.63) is 33.2 Å². The molecule has 1 amide bonds. The molecule has 1 aliphatic carbocycles. The Morgan fingerprint density at radius 3 is 2.31 bits per heavy atom. The lowest BCUT2D eigenvalue weighted by Gasteiger charge is -2.24. The number of pyridine rings is 1. The summed E-state index contributed by atoms with van der Waals surface area (Å²) in [6.45, 7) is 10.6. The molecule has 2 aliphatic rings. The summed E-state index contributed by atoms with van der Waals surface area (Å²) in [4.78, 5) is 26.4. The van der Waals surface area contributed by atoms with Crippen molar-refractivity contribution in [2.45, 2.75) is 84.7 Å². The number of amides is 1. The third kappa shape index (κ3) is 5.10. The highest BCUT2D eigenvalue weighted by molar-refractivity contribution is 5.94. The minimum absolute atomic E-state index is 0.0629. The smallest absolute Gasteiger partial charge is 0.263 e. The Hall–Kier alpha value is -1.66. The van der Waals surface area contributed by atoms with Gasteiger partial charge in [0.2, 0.25) is 0 Å². The highest BCUT2D eigenvalue weighted by Crippen LogP contribution is 2.21. The standard InChI is InChI=1S/C23H38N4O2/c1-4-7-14-27-21-13-11-9-8-10-12-18(21)15-20(23(27)29)22(28)24-19-16-25(5-2)26(6-3)17-19/h15,19H,4-14,16-17H2,1-3H3,(H,24,28). The molecule has 3 rings (SSSR count). The van der Waals surface area contributed by atoms with Crippen LogP contribution in [-0.2, 0) is 19.4 Å². The highest BCUT2D eigenvalue weighted by Gasteiger charge is 2.30. The predicted octanol–water partition coefficient (Wildman–Crippen LogP) is 2.98. The molecule has 0 aromatic carbocycles. The monoisotopic (exact) mass is 402 g/mol. The van der Waals surface area contributed by atoms with Crippen LogP contribution in [-0.4, -0.2) is 52.7 Å². The van der Waals surface area contributed by atoms with Crippen LogP contribution < -0.4 is 10.9 Å². The summed E-state index contributed by atoms with van der Waals surface area (Å²) in [5.41, 5.74) is 2.61. The van der Waals surface area contributed by atoms with Gasteiger partial charge in [-0.15, -0.1) is 0 Å². The van der Waals surface area contributed by atoms with Gasteiger partial charge in [-0.3, -0.25) is 9.59 Å². The van der Waals surface area contributed by atoms with Crippen molar-refractivity contribution < 1.29 is 4.79 Å². The zero-order chi connectivity index (χ0) is 20.8. The van der Waals surface area contributed by atoms with E-state index in [4.69, 9.17) is 0 Å².